The second kappa shape index (κ2) is 5.09. The molecule has 0 radical (unpaired) electrons. The maximum atomic E-state index is 9.42. The first kappa shape index (κ1) is 14.1. The van der Waals surface area contributed by atoms with Crippen molar-refractivity contribution in [2.45, 2.75) is 44.2 Å². The maximum absolute atomic E-state index is 9.42. The fraction of sp³-hybridized carbons (Fsp3) is 0.500. The Labute approximate surface area is 141 Å². The van der Waals surface area contributed by atoms with Gasteiger partial charge < -0.3 is 10.4 Å². The maximum Gasteiger partial charge on any atom is 0.115 e. The van der Waals surface area contributed by atoms with Crippen LogP contribution in [0.3, 0.4) is 0 Å². The van der Waals surface area contributed by atoms with E-state index in [-0.39, 0.29) is 0 Å². The van der Waals surface area contributed by atoms with Crippen molar-refractivity contribution in [1.82, 2.24) is 5.32 Å². The molecule has 4 saturated carbocycles. The monoisotopic (exact) mass is 325 g/mol. The molecule has 2 aromatic rings. The highest BCUT2D eigenvalue weighted by Crippen LogP contribution is 2.60. The largest absolute Gasteiger partial charge is 0.508 e. The van der Waals surface area contributed by atoms with Crippen LogP contribution in [-0.2, 0) is 6.54 Å². The van der Waals surface area contributed by atoms with Gasteiger partial charge in [0, 0.05) is 21.8 Å². The summed E-state index contributed by atoms with van der Waals surface area (Å²) in [5, 5.41) is 13.4. The molecule has 1 heterocycles. The van der Waals surface area contributed by atoms with E-state index in [1.165, 1.54) is 47.4 Å². The average Bonchev–Trinajstić information content (AvgIpc) is 3.18. The van der Waals surface area contributed by atoms with Crippen LogP contribution in [0.15, 0.2) is 36.4 Å². The van der Waals surface area contributed by atoms with E-state index in [1.54, 1.807) is 12.1 Å². The van der Waals surface area contributed by atoms with Crippen molar-refractivity contribution in [2.24, 2.45) is 17.8 Å². The molecule has 0 spiro atoms. The minimum atomic E-state index is 0.331. The standard InChI is InChI=1S/C20H23NOS/c22-17-3-1-14(2-4-17)19-6-5-18(23-19)12-21-20-9-13-7-15(10-20)16(8-13)11-20/h1-6,13,15-16,21-22H,7-12H2. The van der Waals surface area contributed by atoms with E-state index < -0.39 is 0 Å². The van der Waals surface area contributed by atoms with E-state index >= 15 is 0 Å². The Morgan fingerprint density at radius 2 is 1.74 bits per heavy atom. The summed E-state index contributed by atoms with van der Waals surface area (Å²) in [5.74, 6) is 3.39. The summed E-state index contributed by atoms with van der Waals surface area (Å²) in [5.41, 5.74) is 1.65. The van der Waals surface area contributed by atoms with Crippen LogP contribution in [0.2, 0.25) is 0 Å². The molecule has 1 aromatic heterocycles. The predicted octanol–water partition coefficient (Wildman–Crippen LogP) is 4.79. The molecular weight excluding hydrogens is 302 g/mol. The van der Waals surface area contributed by atoms with Gasteiger partial charge in [0.1, 0.15) is 5.75 Å². The van der Waals surface area contributed by atoms with Crippen molar-refractivity contribution < 1.29 is 5.11 Å². The second-order valence-corrected chi connectivity index (χ2v) is 9.09. The zero-order valence-electron chi connectivity index (χ0n) is 13.3. The smallest absolute Gasteiger partial charge is 0.115 e. The number of phenols is 1. The van der Waals surface area contributed by atoms with Crippen molar-refractivity contribution in [2.75, 3.05) is 0 Å². The zero-order valence-corrected chi connectivity index (χ0v) is 14.1. The molecule has 4 aliphatic rings. The summed E-state index contributed by atoms with van der Waals surface area (Å²) in [6.45, 7) is 1.01. The summed E-state index contributed by atoms with van der Waals surface area (Å²) >= 11 is 1.87. The van der Waals surface area contributed by atoms with Crippen LogP contribution in [0, 0.1) is 17.8 Å². The Morgan fingerprint density at radius 3 is 2.43 bits per heavy atom. The highest BCUT2D eigenvalue weighted by Gasteiger charge is 2.55. The van der Waals surface area contributed by atoms with E-state index in [1.807, 2.05) is 23.5 Å². The van der Waals surface area contributed by atoms with Crippen molar-refractivity contribution >= 4 is 11.3 Å². The van der Waals surface area contributed by atoms with E-state index in [9.17, 15) is 5.11 Å². The summed E-state index contributed by atoms with van der Waals surface area (Å²) in [7, 11) is 0. The third-order valence-corrected chi connectivity index (χ3v) is 7.51. The summed E-state index contributed by atoms with van der Waals surface area (Å²) in [6.07, 6.45) is 7.28. The molecule has 0 saturated heterocycles. The molecule has 2 N–H and O–H groups in total. The molecule has 2 unspecified atom stereocenters. The van der Waals surface area contributed by atoms with Gasteiger partial charge in [-0.05, 0) is 91.8 Å². The minimum Gasteiger partial charge on any atom is -0.508 e. The fourth-order valence-corrected chi connectivity index (χ4v) is 6.51. The van der Waals surface area contributed by atoms with Crippen LogP contribution in [0.5, 0.6) is 5.75 Å². The number of aromatic hydroxyl groups is 1. The molecule has 0 aliphatic heterocycles. The Hall–Kier alpha value is -1.32. The number of benzene rings is 1. The van der Waals surface area contributed by atoms with Crippen LogP contribution in [0.25, 0.3) is 10.4 Å². The second-order valence-electron chi connectivity index (χ2n) is 7.92. The Morgan fingerprint density at radius 1 is 1.00 bits per heavy atom. The number of phenolic OH excluding ortho intramolecular Hbond substituents is 1. The molecule has 120 valence electrons. The Kier molecular flexibility index (Phi) is 3.11. The fourth-order valence-electron chi connectivity index (χ4n) is 5.56. The summed E-state index contributed by atoms with van der Waals surface area (Å²) in [6, 6.07) is 12.0. The van der Waals surface area contributed by atoms with Gasteiger partial charge >= 0.3 is 0 Å². The average molecular weight is 325 g/mol. The van der Waals surface area contributed by atoms with Crippen LogP contribution in [0.1, 0.15) is 37.0 Å². The number of hydrogen-bond donors (Lipinski definition) is 2. The lowest BCUT2D eigenvalue weighted by atomic mass is 9.76. The number of thiophene rings is 1. The van der Waals surface area contributed by atoms with Gasteiger partial charge in [-0.2, -0.15) is 0 Å². The number of hydrogen-bond acceptors (Lipinski definition) is 3. The van der Waals surface area contributed by atoms with Gasteiger partial charge in [0.05, 0.1) is 0 Å². The molecular formula is C20H23NOS. The van der Waals surface area contributed by atoms with E-state index in [0.29, 0.717) is 11.3 Å². The molecule has 4 fully saturated rings. The van der Waals surface area contributed by atoms with Crippen LogP contribution < -0.4 is 5.32 Å². The lowest BCUT2D eigenvalue weighted by molar-refractivity contribution is 0.183. The number of nitrogens with one attached hydrogen (secondary N) is 1. The predicted molar refractivity (Wildman–Crippen MR) is 94.5 cm³/mol. The first-order chi connectivity index (χ1) is 11.2. The minimum absolute atomic E-state index is 0.331. The van der Waals surface area contributed by atoms with Crippen molar-refractivity contribution in [3.63, 3.8) is 0 Å². The van der Waals surface area contributed by atoms with E-state index in [2.05, 4.69) is 17.4 Å². The van der Waals surface area contributed by atoms with Crippen LogP contribution >= 0.6 is 11.3 Å². The van der Waals surface area contributed by atoms with Crippen LogP contribution in [0.4, 0.5) is 0 Å². The van der Waals surface area contributed by atoms with Gasteiger partial charge in [0.25, 0.3) is 0 Å². The highest BCUT2D eigenvalue weighted by molar-refractivity contribution is 7.15. The third kappa shape index (κ3) is 2.41. The Bertz CT molecular complexity index is 700. The SMILES string of the molecule is Oc1ccc(-c2ccc(CNC34CC5CC(C3)C(C5)C4)s2)cc1. The molecule has 2 nitrogen and oxygen atoms in total. The molecule has 0 amide bonds. The topological polar surface area (TPSA) is 32.3 Å². The molecule has 3 heteroatoms. The molecule has 6 rings (SSSR count). The molecule has 4 bridgehead atoms. The van der Waals surface area contributed by atoms with Gasteiger partial charge in [-0.15, -0.1) is 11.3 Å². The van der Waals surface area contributed by atoms with Gasteiger partial charge in [-0.1, -0.05) is 0 Å². The molecule has 4 aliphatic carbocycles. The third-order valence-electron chi connectivity index (χ3n) is 6.38. The zero-order chi connectivity index (χ0) is 15.4. The van der Waals surface area contributed by atoms with Crippen molar-refractivity contribution in [3.8, 4) is 16.2 Å². The van der Waals surface area contributed by atoms with Gasteiger partial charge in [0.2, 0.25) is 0 Å². The van der Waals surface area contributed by atoms with E-state index in [4.69, 9.17) is 0 Å². The summed E-state index contributed by atoms with van der Waals surface area (Å²) < 4.78 is 0. The first-order valence-electron chi connectivity index (χ1n) is 8.82. The number of rotatable bonds is 4. The van der Waals surface area contributed by atoms with E-state index in [0.717, 1.165) is 24.3 Å². The Balaban J connectivity index is 1.28. The first-order valence-corrected chi connectivity index (χ1v) is 9.64. The highest BCUT2D eigenvalue weighted by atomic mass is 32.1. The quantitative estimate of drug-likeness (QED) is 0.847. The molecule has 1 aromatic carbocycles. The van der Waals surface area contributed by atoms with Crippen LogP contribution in [-0.4, -0.2) is 10.6 Å². The molecule has 2 atom stereocenters. The lowest BCUT2D eigenvalue weighted by Gasteiger charge is -2.39. The molecule has 23 heavy (non-hydrogen) atoms. The normalized spacial score (nSPS) is 34.3. The van der Waals surface area contributed by atoms with Crippen molar-refractivity contribution in [1.29, 1.82) is 0 Å². The lowest BCUT2D eigenvalue weighted by Crippen LogP contribution is -2.47. The van der Waals surface area contributed by atoms with Crippen molar-refractivity contribution in [3.05, 3.63) is 41.3 Å². The van der Waals surface area contributed by atoms with Gasteiger partial charge in [-0.25, -0.2) is 0 Å². The van der Waals surface area contributed by atoms with Gasteiger partial charge in [-0.3, -0.25) is 0 Å². The van der Waals surface area contributed by atoms with Gasteiger partial charge in [0.15, 0.2) is 0 Å². The summed E-state index contributed by atoms with van der Waals surface area (Å²) in [4.78, 5) is 2.71.